The minimum absolute atomic E-state index is 0.193. The number of thiophene rings is 1. The maximum absolute atomic E-state index is 6.24. The molecule has 1 aromatic heterocycles. The van der Waals surface area contributed by atoms with Gasteiger partial charge in [-0.25, -0.2) is 0 Å². The van der Waals surface area contributed by atoms with E-state index in [1.807, 2.05) is 0 Å². The predicted octanol–water partition coefficient (Wildman–Crippen LogP) is 3.50. The van der Waals surface area contributed by atoms with Crippen LogP contribution in [0.15, 0.2) is 16.8 Å². The lowest BCUT2D eigenvalue weighted by molar-refractivity contribution is 0.159. The molecule has 0 radical (unpaired) electrons. The fourth-order valence-corrected chi connectivity index (χ4v) is 5.18. The monoisotopic (exact) mass is 278 g/mol. The number of hydrogen-bond donors (Lipinski definition) is 1. The maximum atomic E-state index is 6.24. The molecule has 2 aliphatic rings. The van der Waals surface area contributed by atoms with E-state index in [1.54, 1.807) is 11.3 Å². The molecule has 0 amide bonds. The van der Waals surface area contributed by atoms with Gasteiger partial charge < -0.3 is 5.73 Å². The van der Waals surface area contributed by atoms with Gasteiger partial charge in [0.15, 0.2) is 0 Å². The van der Waals surface area contributed by atoms with Crippen LogP contribution >= 0.6 is 11.3 Å². The molecule has 5 unspecified atom stereocenters. The van der Waals surface area contributed by atoms with Crippen molar-refractivity contribution in [2.75, 3.05) is 13.6 Å². The first-order valence-electron chi connectivity index (χ1n) is 7.63. The van der Waals surface area contributed by atoms with Crippen molar-refractivity contribution in [1.29, 1.82) is 0 Å². The van der Waals surface area contributed by atoms with Crippen molar-refractivity contribution in [3.05, 3.63) is 22.4 Å². The summed E-state index contributed by atoms with van der Waals surface area (Å²) in [5.74, 6) is 2.96. The van der Waals surface area contributed by atoms with E-state index in [-0.39, 0.29) is 6.04 Å². The van der Waals surface area contributed by atoms with Crippen LogP contribution in [0.2, 0.25) is 0 Å². The smallest absolute Gasteiger partial charge is 0.0501 e. The van der Waals surface area contributed by atoms with Gasteiger partial charge in [-0.1, -0.05) is 6.42 Å². The van der Waals surface area contributed by atoms with Gasteiger partial charge in [-0.05, 0) is 73.4 Å². The third-order valence-corrected chi connectivity index (χ3v) is 5.97. The van der Waals surface area contributed by atoms with Crippen LogP contribution < -0.4 is 5.73 Å². The predicted molar refractivity (Wildman–Crippen MR) is 82.3 cm³/mol. The van der Waals surface area contributed by atoms with Crippen LogP contribution in [0.3, 0.4) is 0 Å². The Bertz CT molecular complexity index is 401. The minimum Gasteiger partial charge on any atom is -0.326 e. The average Bonchev–Trinajstić information content (AvgIpc) is 3.04. The van der Waals surface area contributed by atoms with E-state index in [4.69, 9.17) is 5.73 Å². The summed E-state index contributed by atoms with van der Waals surface area (Å²) in [6.07, 6.45) is 5.93. The van der Waals surface area contributed by atoms with Crippen molar-refractivity contribution in [3.8, 4) is 0 Å². The second kappa shape index (κ2) is 5.55. The zero-order valence-electron chi connectivity index (χ0n) is 12.1. The molecule has 1 heterocycles. The Balaban J connectivity index is 1.66. The second-order valence-electron chi connectivity index (χ2n) is 6.74. The molecule has 2 fully saturated rings. The van der Waals surface area contributed by atoms with E-state index >= 15 is 0 Å². The zero-order chi connectivity index (χ0) is 13.4. The normalized spacial score (nSPS) is 32.9. The van der Waals surface area contributed by atoms with Crippen LogP contribution in [-0.4, -0.2) is 24.5 Å². The molecule has 1 aromatic rings. The number of likely N-dealkylation sites (N-methyl/N-ethyl adjacent to an activating group) is 1. The third kappa shape index (κ3) is 2.74. The van der Waals surface area contributed by atoms with Crippen molar-refractivity contribution >= 4 is 11.3 Å². The van der Waals surface area contributed by atoms with Crippen molar-refractivity contribution < 1.29 is 0 Å². The molecular formula is C16H26N2S. The van der Waals surface area contributed by atoms with E-state index in [0.29, 0.717) is 6.04 Å². The van der Waals surface area contributed by atoms with Crippen LogP contribution in [0.4, 0.5) is 0 Å². The molecule has 3 heteroatoms. The lowest BCUT2D eigenvalue weighted by atomic mass is 9.87. The topological polar surface area (TPSA) is 29.3 Å². The van der Waals surface area contributed by atoms with Crippen LogP contribution in [0.25, 0.3) is 0 Å². The molecule has 0 aliphatic heterocycles. The Morgan fingerprint density at radius 2 is 2.26 bits per heavy atom. The quantitative estimate of drug-likeness (QED) is 0.893. The highest BCUT2D eigenvalue weighted by Gasteiger charge is 2.40. The first-order valence-corrected chi connectivity index (χ1v) is 8.57. The van der Waals surface area contributed by atoms with Crippen molar-refractivity contribution in [2.24, 2.45) is 23.5 Å². The number of fused-ring (bicyclic) bond motifs is 2. The Labute approximate surface area is 121 Å². The van der Waals surface area contributed by atoms with Gasteiger partial charge >= 0.3 is 0 Å². The fourth-order valence-electron chi connectivity index (χ4n) is 4.49. The molecule has 2 bridgehead atoms. The largest absolute Gasteiger partial charge is 0.326 e. The van der Waals surface area contributed by atoms with Gasteiger partial charge in [0.05, 0.1) is 6.04 Å². The molecule has 0 saturated heterocycles. The highest BCUT2D eigenvalue weighted by Crippen LogP contribution is 2.48. The Morgan fingerprint density at radius 1 is 1.42 bits per heavy atom. The molecule has 0 spiro atoms. The third-order valence-electron chi connectivity index (χ3n) is 5.26. The summed E-state index contributed by atoms with van der Waals surface area (Å²) in [5.41, 5.74) is 7.64. The van der Waals surface area contributed by atoms with Gasteiger partial charge in [0.1, 0.15) is 0 Å². The molecule has 2 N–H and O–H groups in total. The van der Waals surface area contributed by atoms with Gasteiger partial charge in [0.25, 0.3) is 0 Å². The van der Waals surface area contributed by atoms with Gasteiger partial charge in [0.2, 0.25) is 0 Å². The van der Waals surface area contributed by atoms with E-state index < -0.39 is 0 Å². The van der Waals surface area contributed by atoms with Gasteiger partial charge in [-0.2, -0.15) is 11.3 Å². The first-order chi connectivity index (χ1) is 9.15. The first kappa shape index (κ1) is 13.6. The van der Waals surface area contributed by atoms with Crippen LogP contribution in [0, 0.1) is 17.8 Å². The van der Waals surface area contributed by atoms with Crippen molar-refractivity contribution in [2.45, 2.75) is 44.7 Å². The minimum atomic E-state index is 0.193. The molecular weight excluding hydrogens is 252 g/mol. The van der Waals surface area contributed by atoms with E-state index in [9.17, 15) is 0 Å². The second-order valence-corrected chi connectivity index (χ2v) is 7.52. The molecule has 0 aromatic carbocycles. The highest BCUT2D eigenvalue weighted by molar-refractivity contribution is 7.07. The molecule has 2 saturated carbocycles. The summed E-state index contributed by atoms with van der Waals surface area (Å²) in [6, 6.07) is 2.80. The zero-order valence-corrected chi connectivity index (χ0v) is 12.9. The molecule has 2 aliphatic carbocycles. The summed E-state index contributed by atoms with van der Waals surface area (Å²) < 4.78 is 0. The lowest BCUT2D eigenvalue weighted by Gasteiger charge is -2.34. The molecule has 19 heavy (non-hydrogen) atoms. The molecule has 106 valence electrons. The average molecular weight is 278 g/mol. The summed E-state index contributed by atoms with van der Waals surface area (Å²) in [7, 11) is 2.26. The highest BCUT2D eigenvalue weighted by atomic mass is 32.1. The van der Waals surface area contributed by atoms with E-state index in [1.165, 1.54) is 37.8 Å². The SMILES string of the molecule is CC(N)C(c1ccsc1)N(C)CC1CC2CCC1C2. The Hall–Kier alpha value is -0.380. The summed E-state index contributed by atoms with van der Waals surface area (Å²) in [6.45, 7) is 3.36. The molecule has 5 atom stereocenters. The number of hydrogen-bond acceptors (Lipinski definition) is 3. The standard InChI is InChI=1S/C16H26N2S/c1-11(17)16(14-5-6-19-10-14)18(2)9-15-8-12-3-4-13(15)7-12/h5-6,10-13,15-16H,3-4,7-9,17H2,1-2H3. The lowest BCUT2D eigenvalue weighted by Crippen LogP contribution is -2.40. The molecule has 2 nitrogen and oxygen atoms in total. The summed E-state index contributed by atoms with van der Waals surface area (Å²) in [5, 5.41) is 4.42. The van der Waals surface area contributed by atoms with Crippen molar-refractivity contribution in [1.82, 2.24) is 4.90 Å². The van der Waals surface area contributed by atoms with Gasteiger partial charge in [-0.15, -0.1) is 0 Å². The van der Waals surface area contributed by atoms with Gasteiger partial charge in [-0.3, -0.25) is 4.90 Å². The Kier molecular flexibility index (Phi) is 3.97. The van der Waals surface area contributed by atoms with Crippen LogP contribution in [0.5, 0.6) is 0 Å². The molecule has 3 rings (SSSR count). The van der Waals surface area contributed by atoms with Crippen molar-refractivity contribution in [3.63, 3.8) is 0 Å². The number of nitrogens with two attached hydrogens (primary N) is 1. The number of rotatable bonds is 5. The summed E-state index contributed by atoms with van der Waals surface area (Å²) in [4.78, 5) is 2.51. The fraction of sp³-hybridized carbons (Fsp3) is 0.750. The van der Waals surface area contributed by atoms with Crippen LogP contribution in [-0.2, 0) is 0 Å². The van der Waals surface area contributed by atoms with Gasteiger partial charge in [0, 0.05) is 12.6 Å². The van der Waals surface area contributed by atoms with E-state index in [0.717, 1.165) is 17.8 Å². The number of nitrogens with zero attached hydrogens (tertiary/aromatic N) is 1. The maximum Gasteiger partial charge on any atom is 0.0501 e. The summed E-state index contributed by atoms with van der Waals surface area (Å²) >= 11 is 1.78. The Morgan fingerprint density at radius 3 is 2.79 bits per heavy atom. The van der Waals surface area contributed by atoms with Crippen LogP contribution in [0.1, 0.15) is 44.2 Å². The van der Waals surface area contributed by atoms with E-state index in [2.05, 4.69) is 35.7 Å².